The van der Waals surface area contributed by atoms with E-state index in [0.717, 1.165) is 16.6 Å². The second-order valence-electron chi connectivity index (χ2n) is 6.41. The molecule has 1 heterocycles. The van der Waals surface area contributed by atoms with E-state index in [9.17, 15) is 21.6 Å². The first-order valence-corrected chi connectivity index (χ1v) is 12.7. The molecule has 2 rings (SSSR count). The van der Waals surface area contributed by atoms with Gasteiger partial charge in [-0.3, -0.25) is 4.79 Å². The van der Waals surface area contributed by atoms with Crippen molar-refractivity contribution in [3.63, 3.8) is 0 Å². The number of benzene rings is 1. The first kappa shape index (κ1) is 21.5. The Morgan fingerprint density at radius 2 is 2.00 bits per heavy atom. The maximum atomic E-state index is 13.0. The fourth-order valence-electron chi connectivity index (χ4n) is 2.33. The molecule has 1 aromatic rings. The molecular weight excluding hydrogens is 420 g/mol. The summed E-state index contributed by atoms with van der Waals surface area (Å²) in [4.78, 5) is 11.9. The molecule has 1 unspecified atom stereocenters. The Kier molecular flexibility index (Phi) is 6.66. The average Bonchev–Trinajstić information content (AvgIpc) is 3.02. The van der Waals surface area contributed by atoms with Gasteiger partial charge in [-0.2, -0.15) is 4.31 Å². The number of amides is 1. The van der Waals surface area contributed by atoms with E-state index in [0.29, 0.717) is 12.3 Å². The summed E-state index contributed by atoms with van der Waals surface area (Å²) < 4.78 is 50.6. The molecular formula is C15H21ClN2O5S3. The van der Waals surface area contributed by atoms with Crippen LogP contribution >= 0.6 is 23.4 Å². The van der Waals surface area contributed by atoms with E-state index in [1.807, 2.05) is 13.8 Å². The molecule has 7 nitrogen and oxygen atoms in total. The van der Waals surface area contributed by atoms with Gasteiger partial charge in [0.05, 0.1) is 15.8 Å². The number of hydrogen-bond acceptors (Lipinski definition) is 6. The van der Waals surface area contributed by atoms with E-state index < -0.39 is 25.9 Å². The van der Waals surface area contributed by atoms with Gasteiger partial charge >= 0.3 is 0 Å². The Balaban J connectivity index is 2.39. The van der Waals surface area contributed by atoms with Crippen LogP contribution in [0.1, 0.15) is 13.8 Å². The van der Waals surface area contributed by atoms with Crippen LogP contribution in [0.15, 0.2) is 28.0 Å². The number of sulfonamides is 1. The number of rotatable bonds is 6. The minimum absolute atomic E-state index is 0.0874. The van der Waals surface area contributed by atoms with Crippen LogP contribution in [0.4, 0.5) is 0 Å². The van der Waals surface area contributed by atoms with Crippen molar-refractivity contribution in [2.75, 3.05) is 24.4 Å². The van der Waals surface area contributed by atoms with Crippen LogP contribution in [0.3, 0.4) is 0 Å². The van der Waals surface area contributed by atoms with Crippen molar-refractivity contribution in [1.29, 1.82) is 0 Å². The Morgan fingerprint density at radius 3 is 2.58 bits per heavy atom. The van der Waals surface area contributed by atoms with Crippen molar-refractivity contribution >= 4 is 49.1 Å². The summed E-state index contributed by atoms with van der Waals surface area (Å²) in [6.07, 6.45) is 0.987. The predicted molar refractivity (Wildman–Crippen MR) is 103 cm³/mol. The van der Waals surface area contributed by atoms with E-state index in [2.05, 4.69) is 5.32 Å². The van der Waals surface area contributed by atoms with E-state index in [4.69, 9.17) is 11.6 Å². The highest BCUT2D eigenvalue weighted by Gasteiger charge is 2.41. The van der Waals surface area contributed by atoms with Crippen LogP contribution in [-0.2, 0) is 24.7 Å². The largest absolute Gasteiger partial charge is 0.354 e. The van der Waals surface area contributed by atoms with Crippen molar-refractivity contribution in [3.05, 3.63) is 23.2 Å². The van der Waals surface area contributed by atoms with Crippen LogP contribution in [0.5, 0.6) is 0 Å². The Morgan fingerprint density at radius 1 is 1.35 bits per heavy atom. The zero-order valence-electron chi connectivity index (χ0n) is 14.6. The quantitative estimate of drug-likeness (QED) is 0.720. The number of carbonyl (C=O) groups is 1. The van der Waals surface area contributed by atoms with Crippen LogP contribution in [0.2, 0.25) is 5.02 Å². The van der Waals surface area contributed by atoms with Gasteiger partial charge in [-0.15, -0.1) is 11.8 Å². The summed E-state index contributed by atoms with van der Waals surface area (Å²) in [6.45, 7) is 4.32. The fourth-order valence-corrected chi connectivity index (χ4v) is 6.70. The van der Waals surface area contributed by atoms with Crippen LogP contribution < -0.4 is 5.32 Å². The van der Waals surface area contributed by atoms with Crippen LogP contribution in [-0.4, -0.2) is 57.5 Å². The van der Waals surface area contributed by atoms with Gasteiger partial charge in [0, 0.05) is 18.6 Å². The lowest BCUT2D eigenvalue weighted by atomic mass is 10.2. The highest BCUT2D eigenvalue weighted by atomic mass is 35.5. The molecule has 26 heavy (non-hydrogen) atoms. The summed E-state index contributed by atoms with van der Waals surface area (Å²) >= 11 is 7.35. The first-order chi connectivity index (χ1) is 11.9. The molecule has 1 amide bonds. The lowest BCUT2D eigenvalue weighted by Crippen LogP contribution is -2.47. The topological polar surface area (TPSA) is 101 Å². The molecule has 1 fully saturated rings. The van der Waals surface area contributed by atoms with E-state index in [1.165, 1.54) is 23.9 Å². The van der Waals surface area contributed by atoms with Crippen molar-refractivity contribution in [2.24, 2.45) is 5.92 Å². The molecule has 0 aromatic heterocycles. The molecule has 146 valence electrons. The average molecular weight is 441 g/mol. The lowest BCUT2D eigenvalue weighted by molar-refractivity contribution is -0.123. The van der Waals surface area contributed by atoms with Crippen molar-refractivity contribution in [1.82, 2.24) is 9.62 Å². The van der Waals surface area contributed by atoms with Gasteiger partial charge in [0.25, 0.3) is 0 Å². The number of carbonyl (C=O) groups excluding carboxylic acids is 1. The maximum absolute atomic E-state index is 13.0. The number of halogens is 1. The van der Waals surface area contributed by atoms with Gasteiger partial charge in [-0.25, -0.2) is 16.8 Å². The van der Waals surface area contributed by atoms with Gasteiger partial charge in [-0.05, 0) is 24.1 Å². The van der Waals surface area contributed by atoms with Crippen molar-refractivity contribution in [3.8, 4) is 0 Å². The monoisotopic (exact) mass is 440 g/mol. The third-order valence-corrected chi connectivity index (χ3v) is 8.37. The van der Waals surface area contributed by atoms with E-state index in [-0.39, 0.29) is 32.5 Å². The standard InChI is InChI=1S/C15H21ClN2O5S3/c1-10(2)7-17-15(19)13-8-24-9-18(13)26(22,23)14-6-11(25(3,20)21)4-5-12(14)16/h4-6,10,13H,7-9H2,1-3H3,(H,17,19). The molecule has 1 atom stereocenters. The maximum Gasteiger partial charge on any atom is 0.246 e. The van der Waals surface area contributed by atoms with Crippen molar-refractivity contribution in [2.45, 2.75) is 29.7 Å². The van der Waals surface area contributed by atoms with Gasteiger partial charge in [0.2, 0.25) is 15.9 Å². The van der Waals surface area contributed by atoms with E-state index in [1.54, 1.807) is 0 Å². The lowest BCUT2D eigenvalue weighted by Gasteiger charge is -2.23. The van der Waals surface area contributed by atoms with Crippen LogP contribution in [0.25, 0.3) is 0 Å². The van der Waals surface area contributed by atoms with E-state index >= 15 is 0 Å². The molecule has 1 aliphatic rings. The van der Waals surface area contributed by atoms with Gasteiger partial charge in [0.15, 0.2) is 9.84 Å². The number of nitrogens with one attached hydrogen (secondary N) is 1. The zero-order valence-corrected chi connectivity index (χ0v) is 17.8. The second-order valence-corrected chi connectivity index (χ2v) is 11.7. The summed E-state index contributed by atoms with van der Waals surface area (Å²) in [5, 5.41) is 2.65. The minimum atomic E-state index is -4.13. The summed E-state index contributed by atoms with van der Waals surface area (Å²) in [7, 11) is -7.73. The molecule has 1 aliphatic heterocycles. The summed E-state index contributed by atoms with van der Waals surface area (Å²) in [6, 6.07) is 2.67. The molecule has 0 spiro atoms. The minimum Gasteiger partial charge on any atom is -0.354 e. The number of hydrogen-bond donors (Lipinski definition) is 1. The van der Waals surface area contributed by atoms with Crippen LogP contribution in [0, 0.1) is 5.92 Å². The number of nitrogens with zero attached hydrogens (tertiary/aromatic N) is 1. The normalized spacial score (nSPS) is 19.0. The summed E-state index contributed by atoms with van der Waals surface area (Å²) in [5.41, 5.74) is 0. The Labute approximate surface area is 163 Å². The molecule has 11 heteroatoms. The summed E-state index contributed by atoms with van der Waals surface area (Å²) in [5.74, 6) is 0.287. The Hall–Kier alpha value is -0.810. The molecule has 1 saturated heterocycles. The smallest absolute Gasteiger partial charge is 0.246 e. The first-order valence-electron chi connectivity index (χ1n) is 7.81. The predicted octanol–water partition coefficient (Wildman–Crippen LogP) is 1.58. The highest BCUT2D eigenvalue weighted by molar-refractivity contribution is 8.00. The molecule has 1 aromatic carbocycles. The third kappa shape index (κ3) is 4.72. The number of thioether (sulfide) groups is 1. The second kappa shape index (κ2) is 8.05. The molecule has 0 bridgehead atoms. The molecule has 1 N–H and O–H groups in total. The Bertz CT molecular complexity index is 900. The molecule has 0 aliphatic carbocycles. The van der Waals surface area contributed by atoms with Gasteiger partial charge < -0.3 is 5.32 Å². The SMILES string of the molecule is CC(C)CNC(=O)C1CSCN1S(=O)(=O)c1cc(S(C)(=O)=O)ccc1Cl. The molecule has 0 saturated carbocycles. The third-order valence-electron chi connectivity index (χ3n) is 3.75. The highest BCUT2D eigenvalue weighted by Crippen LogP contribution is 2.33. The van der Waals surface area contributed by atoms with Gasteiger partial charge in [-0.1, -0.05) is 25.4 Å². The fraction of sp³-hybridized carbons (Fsp3) is 0.533. The van der Waals surface area contributed by atoms with Gasteiger partial charge in [0.1, 0.15) is 10.9 Å². The molecule has 0 radical (unpaired) electrons. The zero-order chi connectivity index (χ0) is 19.7. The van der Waals surface area contributed by atoms with Crippen molar-refractivity contribution < 1.29 is 21.6 Å². The number of sulfone groups is 1.